The highest BCUT2D eigenvalue weighted by atomic mass is 19.1. The largest absolute Gasteiger partial charge is 0.383 e. The van der Waals surface area contributed by atoms with Crippen LogP contribution in [0.15, 0.2) is 23.3 Å². The van der Waals surface area contributed by atoms with Crippen LogP contribution in [-0.2, 0) is 4.74 Å². The molecule has 0 saturated heterocycles. The second-order valence-electron chi connectivity index (χ2n) is 3.68. The Morgan fingerprint density at radius 2 is 2.35 bits per heavy atom. The normalized spacial score (nSPS) is 10.8. The number of anilines is 2. The van der Waals surface area contributed by atoms with Gasteiger partial charge in [-0.1, -0.05) is 6.07 Å². The van der Waals surface area contributed by atoms with Gasteiger partial charge < -0.3 is 15.8 Å². The third-order valence-corrected chi connectivity index (χ3v) is 2.28. The van der Waals surface area contributed by atoms with Gasteiger partial charge in [0.25, 0.3) is 0 Å². The number of nitrogens with two attached hydrogens (primary N) is 1. The molecule has 8 heteroatoms. The van der Waals surface area contributed by atoms with E-state index in [2.05, 4.69) is 15.8 Å². The van der Waals surface area contributed by atoms with Crippen LogP contribution in [0.25, 0.3) is 0 Å². The van der Waals surface area contributed by atoms with Gasteiger partial charge in [-0.3, -0.25) is 10.8 Å². The predicted molar refractivity (Wildman–Crippen MR) is 75.4 cm³/mol. The van der Waals surface area contributed by atoms with E-state index in [4.69, 9.17) is 21.1 Å². The molecule has 0 spiro atoms. The molecule has 5 N–H and O–H groups in total. The molecule has 0 aromatic heterocycles. The molecule has 20 heavy (non-hydrogen) atoms. The zero-order valence-electron chi connectivity index (χ0n) is 10.9. The Balaban J connectivity index is 2.93. The zero-order valence-corrected chi connectivity index (χ0v) is 10.9. The number of methoxy groups -OCH3 is 1. The first kappa shape index (κ1) is 15.4. The van der Waals surface area contributed by atoms with Crippen LogP contribution in [0.1, 0.15) is 0 Å². The maximum Gasteiger partial charge on any atom is 0.201 e. The van der Waals surface area contributed by atoms with E-state index in [9.17, 15) is 4.39 Å². The summed E-state index contributed by atoms with van der Waals surface area (Å²) in [7, 11) is 1.56. The summed E-state index contributed by atoms with van der Waals surface area (Å²) in [6.07, 6.45) is 0. The van der Waals surface area contributed by atoms with Crippen molar-refractivity contribution in [2.75, 3.05) is 31.0 Å². The van der Waals surface area contributed by atoms with Gasteiger partial charge in [-0.15, -0.1) is 0 Å². The lowest BCUT2D eigenvalue weighted by atomic mass is 10.2. The van der Waals surface area contributed by atoms with E-state index in [-0.39, 0.29) is 11.4 Å². The van der Waals surface area contributed by atoms with Crippen molar-refractivity contribution in [1.82, 2.24) is 0 Å². The van der Waals surface area contributed by atoms with Crippen LogP contribution in [0, 0.1) is 22.6 Å². The molecular formula is C12H15FN6O. The Morgan fingerprint density at radius 3 is 2.95 bits per heavy atom. The Hall–Kier alpha value is -2.66. The number of nitrogens with zero attached hydrogens (tertiary/aromatic N) is 2. The van der Waals surface area contributed by atoms with Gasteiger partial charge >= 0.3 is 0 Å². The second-order valence-corrected chi connectivity index (χ2v) is 3.68. The van der Waals surface area contributed by atoms with Crippen molar-refractivity contribution < 1.29 is 9.13 Å². The first-order valence-electron chi connectivity index (χ1n) is 5.69. The van der Waals surface area contributed by atoms with Crippen molar-refractivity contribution in [2.24, 2.45) is 10.8 Å². The van der Waals surface area contributed by atoms with Crippen LogP contribution in [0.5, 0.6) is 0 Å². The van der Waals surface area contributed by atoms with Crippen LogP contribution in [0.2, 0.25) is 0 Å². The molecule has 0 aliphatic carbocycles. The van der Waals surface area contributed by atoms with E-state index in [0.717, 1.165) is 0 Å². The Kier molecular flexibility index (Phi) is 5.93. The van der Waals surface area contributed by atoms with Gasteiger partial charge in [0.15, 0.2) is 5.84 Å². The molecule has 0 radical (unpaired) electrons. The van der Waals surface area contributed by atoms with E-state index in [1.807, 2.05) is 0 Å². The predicted octanol–water partition coefficient (Wildman–Crippen LogP) is 1.11. The lowest BCUT2D eigenvalue weighted by Crippen LogP contribution is -2.22. The maximum atomic E-state index is 13.7. The van der Waals surface area contributed by atoms with Crippen molar-refractivity contribution in [3.05, 3.63) is 24.0 Å². The average molecular weight is 278 g/mol. The number of hydrazone groups is 1. The van der Waals surface area contributed by atoms with E-state index in [0.29, 0.717) is 18.8 Å². The molecule has 7 nitrogen and oxygen atoms in total. The van der Waals surface area contributed by atoms with Crippen LogP contribution in [0.4, 0.5) is 15.8 Å². The molecular weight excluding hydrogens is 263 g/mol. The van der Waals surface area contributed by atoms with Gasteiger partial charge in [-0.2, -0.15) is 10.4 Å². The Labute approximate surface area is 115 Å². The number of hydrogen-bond donors (Lipinski definition) is 4. The van der Waals surface area contributed by atoms with Crippen molar-refractivity contribution in [3.8, 4) is 6.07 Å². The molecule has 0 saturated carbocycles. The Bertz CT molecular complexity index is 551. The highest BCUT2D eigenvalue weighted by Gasteiger charge is 2.08. The minimum atomic E-state index is -0.544. The smallest absolute Gasteiger partial charge is 0.201 e. The molecule has 106 valence electrons. The number of halogens is 1. The van der Waals surface area contributed by atoms with Crippen molar-refractivity contribution in [3.63, 3.8) is 0 Å². The molecule has 1 rings (SSSR count). The highest BCUT2D eigenvalue weighted by molar-refractivity contribution is 6.45. The number of rotatable bonds is 7. The summed E-state index contributed by atoms with van der Waals surface area (Å²) in [5.74, 6) is -1.04. The van der Waals surface area contributed by atoms with Crippen LogP contribution in [0.3, 0.4) is 0 Å². The van der Waals surface area contributed by atoms with Gasteiger partial charge in [0.2, 0.25) is 5.71 Å². The number of hydrogen-bond acceptors (Lipinski definition) is 6. The number of nitrogens with one attached hydrogen (secondary N) is 3. The zero-order chi connectivity index (χ0) is 15.0. The van der Waals surface area contributed by atoms with Gasteiger partial charge in [-0.05, 0) is 12.1 Å². The summed E-state index contributed by atoms with van der Waals surface area (Å²) in [4.78, 5) is 0. The fraction of sp³-hybridized carbons (Fsp3) is 0.250. The maximum absolute atomic E-state index is 13.7. The van der Waals surface area contributed by atoms with E-state index < -0.39 is 11.7 Å². The molecule has 0 aliphatic rings. The quantitative estimate of drug-likeness (QED) is 0.258. The number of para-hydroxylation sites is 1. The van der Waals surface area contributed by atoms with E-state index in [1.165, 1.54) is 12.1 Å². The SMILES string of the molecule is COCCNc1cccc(F)c1N/N=C(\C#N)C(=N)N. The molecule has 0 aliphatic heterocycles. The Morgan fingerprint density at radius 1 is 1.60 bits per heavy atom. The summed E-state index contributed by atoms with van der Waals surface area (Å²) in [5, 5.41) is 22.4. The standard InChI is InChI=1S/C12H15FN6O/c1-20-6-5-17-9-4-2-3-8(13)11(9)19-18-10(7-14)12(15)16/h2-4,17,19H,5-6H2,1H3,(H3,15,16)/b18-10+. The first-order valence-corrected chi connectivity index (χ1v) is 5.69. The van der Waals surface area contributed by atoms with Crippen LogP contribution < -0.4 is 16.5 Å². The van der Waals surface area contributed by atoms with Gasteiger partial charge in [0, 0.05) is 13.7 Å². The summed E-state index contributed by atoms with van der Waals surface area (Å²) in [5.41, 5.74) is 7.77. The summed E-state index contributed by atoms with van der Waals surface area (Å²) >= 11 is 0. The summed E-state index contributed by atoms with van der Waals surface area (Å²) in [6, 6.07) is 6.07. The molecule has 0 bridgehead atoms. The molecule has 0 fully saturated rings. The molecule has 1 aromatic rings. The fourth-order valence-corrected chi connectivity index (χ4v) is 1.33. The topological polar surface area (TPSA) is 119 Å². The number of amidine groups is 1. The molecule has 0 unspecified atom stereocenters. The molecule has 0 amide bonds. The number of benzene rings is 1. The van der Waals surface area contributed by atoms with Gasteiger partial charge in [0.05, 0.1) is 12.3 Å². The monoisotopic (exact) mass is 278 g/mol. The average Bonchev–Trinajstić information content (AvgIpc) is 2.41. The highest BCUT2D eigenvalue weighted by Crippen LogP contribution is 2.24. The summed E-state index contributed by atoms with van der Waals surface area (Å²) in [6.45, 7) is 0.937. The third-order valence-electron chi connectivity index (χ3n) is 2.28. The van der Waals surface area contributed by atoms with Crippen LogP contribution >= 0.6 is 0 Å². The minimum absolute atomic E-state index is 0.0672. The second kappa shape index (κ2) is 7.70. The van der Waals surface area contributed by atoms with Crippen molar-refractivity contribution >= 4 is 22.9 Å². The van der Waals surface area contributed by atoms with Gasteiger partial charge in [0.1, 0.15) is 17.6 Å². The van der Waals surface area contributed by atoms with E-state index >= 15 is 0 Å². The summed E-state index contributed by atoms with van der Waals surface area (Å²) < 4.78 is 18.6. The van der Waals surface area contributed by atoms with Crippen molar-refractivity contribution in [1.29, 1.82) is 10.7 Å². The molecule has 0 atom stereocenters. The van der Waals surface area contributed by atoms with E-state index in [1.54, 1.807) is 19.2 Å². The lowest BCUT2D eigenvalue weighted by Gasteiger charge is -2.12. The van der Waals surface area contributed by atoms with Crippen molar-refractivity contribution in [2.45, 2.75) is 0 Å². The first-order chi connectivity index (χ1) is 9.60. The lowest BCUT2D eigenvalue weighted by molar-refractivity contribution is 0.211. The molecule has 1 aromatic carbocycles. The number of ether oxygens (including phenoxy) is 1. The van der Waals surface area contributed by atoms with Gasteiger partial charge in [-0.25, -0.2) is 4.39 Å². The number of nitriles is 1. The third kappa shape index (κ3) is 4.22. The fourth-order valence-electron chi connectivity index (χ4n) is 1.33. The minimum Gasteiger partial charge on any atom is -0.383 e. The molecule has 0 heterocycles. The van der Waals surface area contributed by atoms with Crippen LogP contribution in [-0.4, -0.2) is 31.8 Å².